The fourth-order valence-electron chi connectivity index (χ4n) is 2.95. The Morgan fingerprint density at radius 1 is 1.20 bits per heavy atom. The minimum Gasteiger partial charge on any atom is -0.487 e. The lowest BCUT2D eigenvalue weighted by Crippen LogP contribution is -2.24. The number of ether oxygens (including phenoxy) is 1. The molecule has 1 aromatic carbocycles. The van der Waals surface area contributed by atoms with Gasteiger partial charge in [-0.15, -0.1) is 0 Å². The maximum atomic E-state index is 5.93. The van der Waals surface area contributed by atoms with Crippen LogP contribution in [0.5, 0.6) is 5.75 Å². The molecule has 0 fully saturated rings. The molecule has 106 valence electrons. The highest BCUT2D eigenvalue weighted by molar-refractivity contribution is 5.44. The highest BCUT2D eigenvalue weighted by Crippen LogP contribution is 2.37. The molecule has 1 unspecified atom stereocenters. The molecule has 1 aliphatic rings. The minimum atomic E-state index is -0.0949. The van der Waals surface area contributed by atoms with Crippen molar-refractivity contribution in [1.82, 2.24) is 5.32 Å². The molecule has 0 saturated carbocycles. The summed E-state index contributed by atoms with van der Waals surface area (Å²) in [5, 5.41) is 3.36. The van der Waals surface area contributed by atoms with Gasteiger partial charge >= 0.3 is 0 Å². The lowest BCUT2D eigenvalue weighted by Gasteiger charge is -2.16. The molecule has 1 aromatic heterocycles. The van der Waals surface area contributed by atoms with Gasteiger partial charge in [0.25, 0.3) is 0 Å². The van der Waals surface area contributed by atoms with Gasteiger partial charge in [-0.25, -0.2) is 0 Å². The third kappa shape index (κ3) is 2.34. The summed E-state index contributed by atoms with van der Waals surface area (Å²) in [5.74, 6) is 1.95. The summed E-state index contributed by atoms with van der Waals surface area (Å²) in [4.78, 5) is 0. The van der Waals surface area contributed by atoms with Gasteiger partial charge in [0.15, 0.2) is 0 Å². The number of nitrogens with one attached hydrogen (secondary N) is 1. The Bertz CT molecular complexity index is 628. The van der Waals surface area contributed by atoms with Crippen molar-refractivity contribution in [3.63, 3.8) is 0 Å². The van der Waals surface area contributed by atoms with Crippen LogP contribution in [-0.4, -0.2) is 12.6 Å². The maximum absolute atomic E-state index is 5.93. The molecule has 1 atom stereocenters. The van der Waals surface area contributed by atoms with Crippen molar-refractivity contribution in [2.45, 2.75) is 38.8 Å². The van der Waals surface area contributed by atoms with Gasteiger partial charge in [0.05, 0.1) is 12.3 Å². The predicted molar refractivity (Wildman–Crippen MR) is 79.2 cm³/mol. The second kappa shape index (κ2) is 4.67. The molecule has 20 heavy (non-hydrogen) atoms. The van der Waals surface area contributed by atoms with Crippen LogP contribution >= 0.6 is 0 Å². The normalized spacial score (nSPS) is 17.6. The van der Waals surface area contributed by atoms with Crippen LogP contribution in [0.15, 0.2) is 34.9 Å². The van der Waals surface area contributed by atoms with Gasteiger partial charge in [-0.05, 0) is 51.1 Å². The van der Waals surface area contributed by atoms with Crippen molar-refractivity contribution in [2.24, 2.45) is 0 Å². The smallest absolute Gasteiger partial charge is 0.123 e. The predicted octanol–water partition coefficient (Wildman–Crippen LogP) is 3.61. The van der Waals surface area contributed by atoms with E-state index in [1.807, 2.05) is 20.2 Å². The van der Waals surface area contributed by atoms with Gasteiger partial charge in [0, 0.05) is 12.0 Å². The van der Waals surface area contributed by atoms with E-state index in [9.17, 15) is 0 Å². The molecule has 2 heterocycles. The molecule has 2 aromatic rings. The highest BCUT2D eigenvalue weighted by atomic mass is 16.5. The summed E-state index contributed by atoms with van der Waals surface area (Å²) in [6.07, 6.45) is 2.78. The topological polar surface area (TPSA) is 34.4 Å². The Kier molecular flexibility index (Phi) is 3.09. The Balaban J connectivity index is 1.95. The van der Waals surface area contributed by atoms with Gasteiger partial charge in [-0.3, -0.25) is 0 Å². The van der Waals surface area contributed by atoms with Crippen LogP contribution in [0.3, 0.4) is 0 Å². The Hall–Kier alpha value is -1.74. The molecule has 0 radical (unpaired) electrons. The van der Waals surface area contributed by atoms with E-state index in [4.69, 9.17) is 9.15 Å². The first-order valence-electron chi connectivity index (χ1n) is 7.03. The molecule has 3 rings (SSSR count). The molecule has 1 aliphatic heterocycles. The average Bonchev–Trinajstić information content (AvgIpc) is 2.91. The van der Waals surface area contributed by atoms with E-state index in [0.717, 1.165) is 23.5 Å². The van der Waals surface area contributed by atoms with Crippen LogP contribution in [0.2, 0.25) is 0 Å². The first-order valence-corrected chi connectivity index (χ1v) is 7.03. The van der Waals surface area contributed by atoms with E-state index in [-0.39, 0.29) is 11.6 Å². The second-order valence-corrected chi connectivity index (χ2v) is 6.12. The van der Waals surface area contributed by atoms with E-state index in [2.05, 4.69) is 43.4 Å². The summed E-state index contributed by atoms with van der Waals surface area (Å²) in [7, 11) is 1.97. The zero-order chi connectivity index (χ0) is 14.3. The SMILES string of the molecule is CNC(c1coc(C)c1)c1ccc2c(c1)CC(C)(C)O2. The Morgan fingerprint density at radius 3 is 2.65 bits per heavy atom. The molecule has 3 heteroatoms. The van der Waals surface area contributed by atoms with E-state index in [1.54, 1.807) is 0 Å². The summed E-state index contributed by atoms with van der Waals surface area (Å²) in [5.41, 5.74) is 3.59. The number of aryl methyl sites for hydroxylation is 1. The second-order valence-electron chi connectivity index (χ2n) is 6.12. The van der Waals surface area contributed by atoms with E-state index in [1.165, 1.54) is 11.1 Å². The number of rotatable bonds is 3. The van der Waals surface area contributed by atoms with Crippen LogP contribution in [0.4, 0.5) is 0 Å². The molecule has 0 aliphatic carbocycles. The number of furan rings is 1. The Labute approximate surface area is 119 Å². The van der Waals surface area contributed by atoms with Crippen molar-refractivity contribution >= 4 is 0 Å². The number of hydrogen-bond donors (Lipinski definition) is 1. The van der Waals surface area contributed by atoms with Crippen LogP contribution in [0.1, 0.15) is 42.3 Å². The molecule has 3 nitrogen and oxygen atoms in total. The lowest BCUT2D eigenvalue weighted by atomic mass is 9.95. The fraction of sp³-hybridized carbons (Fsp3) is 0.412. The zero-order valence-corrected chi connectivity index (χ0v) is 12.5. The van der Waals surface area contributed by atoms with E-state index < -0.39 is 0 Å². The minimum absolute atomic E-state index is 0.0949. The van der Waals surface area contributed by atoms with E-state index in [0.29, 0.717) is 0 Å². The molecular weight excluding hydrogens is 250 g/mol. The molecule has 0 saturated heterocycles. The highest BCUT2D eigenvalue weighted by Gasteiger charge is 2.30. The van der Waals surface area contributed by atoms with Crippen molar-refractivity contribution in [3.05, 3.63) is 53.0 Å². The summed E-state index contributed by atoms with van der Waals surface area (Å²) < 4.78 is 11.4. The number of hydrogen-bond acceptors (Lipinski definition) is 3. The van der Waals surface area contributed by atoms with Gasteiger partial charge in [0.1, 0.15) is 17.1 Å². The summed E-state index contributed by atoms with van der Waals surface area (Å²) >= 11 is 0. The average molecular weight is 271 g/mol. The standard InChI is InChI=1S/C17H21NO2/c1-11-7-14(10-19-11)16(18-4)12-5-6-15-13(8-12)9-17(2,3)20-15/h5-8,10,16,18H,9H2,1-4H3. The van der Waals surface area contributed by atoms with Gasteiger partial charge < -0.3 is 14.5 Å². The van der Waals surface area contributed by atoms with Gasteiger partial charge in [0.2, 0.25) is 0 Å². The lowest BCUT2D eigenvalue weighted by molar-refractivity contribution is 0.138. The molecule has 1 N–H and O–H groups in total. The summed E-state index contributed by atoms with van der Waals surface area (Å²) in [6.45, 7) is 6.22. The maximum Gasteiger partial charge on any atom is 0.123 e. The van der Waals surface area contributed by atoms with Crippen LogP contribution in [-0.2, 0) is 6.42 Å². The third-order valence-corrected chi connectivity index (χ3v) is 3.79. The number of benzene rings is 1. The van der Waals surface area contributed by atoms with Gasteiger partial charge in [-0.1, -0.05) is 12.1 Å². The molecule has 0 spiro atoms. The monoisotopic (exact) mass is 271 g/mol. The van der Waals surface area contributed by atoms with Crippen molar-refractivity contribution in [2.75, 3.05) is 7.05 Å². The number of fused-ring (bicyclic) bond motifs is 1. The van der Waals surface area contributed by atoms with Crippen molar-refractivity contribution in [1.29, 1.82) is 0 Å². The third-order valence-electron chi connectivity index (χ3n) is 3.79. The molecule has 0 amide bonds. The zero-order valence-electron chi connectivity index (χ0n) is 12.5. The van der Waals surface area contributed by atoms with Gasteiger partial charge in [-0.2, -0.15) is 0 Å². The Morgan fingerprint density at radius 2 is 2.00 bits per heavy atom. The molecular formula is C17H21NO2. The fourth-order valence-corrected chi connectivity index (χ4v) is 2.95. The molecule has 0 bridgehead atoms. The first kappa shape index (κ1) is 13.3. The van der Waals surface area contributed by atoms with Crippen LogP contribution in [0.25, 0.3) is 0 Å². The van der Waals surface area contributed by atoms with E-state index >= 15 is 0 Å². The quantitative estimate of drug-likeness (QED) is 0.926. The largest absolute Gasteiger partial charge is 0.487 e. The van der Waals surface area contributed by atoms with Crippen LogP contribution in [0, 0.1) is 6.92 Å². The van der Waals surface area contributed by atoms with Crippen molar-refractivity contribution in [3.8, 4) is 5.75 Å². The first-order chi connectivity index (χ1) is 9.48. The van der Waals surface area contributed by atoms with Crippen LogP contribution < -0.4 is 10.1 Å². The van der Waals surface area contributed by atoms with Crippen molar-refractivity contribution < 1.29 is 9.15 Å². The summed E-state index contributed by atoms with van der Waals surface area (Å²) in [6, 6.07) is 8.68.